The molecule has 5 atom stereocenters. The van der Waals surface area contributed by atoms with E-state index in [9.17, 15) is 5.11 Å². The Morgan fingerprint density at radius 3 is 2.48 bits per heavy atom. The van der Waals surface area contributed by atoms with Gasteiger partial charge in [0, 0.05) is 10.8 Å². The van der Waals surface area contributed by atoms with E-state index in [0.29, 0.717) is 5.92 Å². The van der Waals surface area contributed by atoms with E-state index in [1.54, 1.807) is 14.2 Å². The Labute approximate surface area is 161 Å². The number of rotatable bonds is 3. The standard InChI is InChI=1S/C23H30O4/c1-13-17-11-14(12-18(13)24)23(2,3)27-22(17)16-9-10-19(25-4)15-7-6-8-20(26-5)21(15)16/h6-10,13-14,17-18,22,24H,11-12H2,1-5H3/t13-,14-,17-,18-,22-/m0/s1. The highest BCUT2D eigenvalue weighted by Gasteiger charge is 2.51. The second-order valence-corrected chi connectivity index (χ2v) is 8.64. The Morgan fingerprint density at radius 1 is 1.04 bits per heavy atom. The van der Waals surface area contributed by atoms with Crippen molar-refractivity contribution in [1.29, 1.82) is 0 Å². The van der Waals surface area contributed by atoms with Crippen molar-refractivity contribution in [1.82, 2.24) is 0 Å². The fourth-order valence-corrected chi connectivity index (χ4v) is 5.16. The summed E-state index contributed by atoms with van der Waals surface area (Å²) in [6.07, 6.45) is 1.56. The summed E-state index contributed by atoms with van der Waals surface area (Å²) in [7, 11) is 3.39. The minimum atomic E-state index is -0.272. The molecule has 4 rings (SSSR count). The van der Waals surface area contributed by atoms with Crippen LogP contribution >= 0.6 is 0 Å². The highest BCUT2D eigenvalue weighted by molar-refractivity contribution is 5.96. The monoisotopic (exact) mass is 370 g/mol. The lowest BCUT2D eigenvalue weighted by atomic mass is 9.63. The van der Waals surface area contributed by atoms with E-state index in [0.717, 1.165) is 40.7 Å². The predicted octanol–water partition coefficient (Wildman–Crippen LogP) is 4.73. The molecule has 0 unspecified atom stereocenters. The van der Waals surface area contributed by atoms with E-state index in [4.69, 9.17) is 14.2 Å². The van der Waals surface area contributed by atoms with Crippen LogP contribution < -0.4 is 9.47 Å². The van der Waals surface area contributed by atoms with Crippen LogP contribution in [0.25, 0.3) is 10.8 Å². The summed E-state index contributed by atoms with van der Waals surface area (Å²) in [5.41, 5.74) is 0.858. The molecular weight excluding hydrogens is 340 g/mol. The van der Waals surface area contributed by atoms with E-state index in [2.05, 4.69) is 32.9 Å². The third-order valence-electron chi connectivity index (χ3n) is 6.91. The Kier molecular flexibility index (Phi) is 4.59. The van der Waals surface area contributed by atoms with Crippen molar-refractivity contribution in [3.63, 3.8) is 0 Å². The first-order chi connectivity index (χ1) is 12.9. The molecule has 4 nitrogen and oxygen atoms in total. The number of methoxy groups -OCH3 is 2. The molecule has 1 N–H and O–H groups in total. The van der Waals surface area contributed by atoms with Crippen LogP contribution in [0.1, 0.15) is 45.3 Å². The summed E-state index contributed by atoms with van der Waals surface area (Å²) >= 11 is 0. The topological polar surface area (TPSA) is 47.9 Å². The molecule has 2 aromatic carbocycles. The quantitative estimate of drug-likeness (QED) is 0.848. The Hall–Kier alpha value is -1.78. The fourth-order valence-electron chi connectivity index (χ4n) is 5.16. The van der Waals surface area contributed by atoms with Gasteiger partial charge in [-0.1, -0.05) is 25.1 Å². The second-order valence-electron chi connectivity index (χ2n) is 8.64. The first-order valence-corrected chi connectivity index (χ1v) is 9.87. The van der Waals surface area contributed by atoms with Crippen LogP contribution in [-0.2, 0) is 4.74 Å². The largest absolute Gasteiger partial charge is 0.496 e. The third-order valence-corrected chi connectivity index (χ3v) is 6.91. The smallest absolute Gasteiger partial charge is 0.127 e. The first-order valence-electron chi connectivity index (χ1n) is 9.87. The molecule has 2 fully saturated rings. The van der Waals surface area contributed by atoms with Crippen LogP contribution in [-0.4, -0.2) is 31.0 Å². The van der Waals surface area contributed by atoms with Crippen molar-refractivity contribution >= 4 is 10.8 Å². The molecule has 1 saturated heterocycles. The Bertz CT molecular complexity index is 844. The van der Waals surface area contributed by atoms with Crippen LogP contribution in [0.15, 0.2) is 30.3 Å². The second kappa shape index (κ2) is 6.68. The van der Waals surface area contributed by atoms with Crippen molar-refractivity contribution in [2.45, 2.75) is 51.4 Å². The van der Waals surface area contributed by atoms with Crippen LogP contribution in [0.2, 0.25) is 0 Å². The molecule has 1 heterocycles. The number of aliphatic hydroxyl groups is 1. The van der Waals surface area contributed by atoms with Gasteiger partial charge >= 0.3 is 0 Å². The van der Waals surface area contributed by atoms with Gasteiger partial charge < -0.3 is 19.3 Å². The first kappa shape index (κ1) is 18.6. The highest BCUT2D eigenvalue weighted by atomic mass is 16.5. The van der Waals surface area contributed by atoms with Gasteiger partial charge in [0.15, 0.2) is 0 Å². The molecule has 146 valence electrons. The molecule has 0 aromatic heterocycles. The van der Waals surface area contributed by atoms with Crippen molar-refractivity contribution in [3.8, 4) is 11.5 Å². The van der Waals surface area contributed by atoms with Gasteiger partial charge in [0.05, 0.1) is 32.0 Å². The van der Waals surface area contributed by atoms with Crippen LogP contribution in [0.4, 0.5) is 0 Å². The lowest BCUT2D eigenvalue weighted by molar-refractivity contribution is -0.215. The molecular formula is C23H30O4. The van der Waals surface area contributed by atoms with E-state index in [1.165, 1.54) is 0 Å². The zero-order valence-corrected chi connectivity index (χ0v) is 16.9. The zero-order valence-electron chi connectivity index (χ0n) is 16.9. The van der Waals surface area contributed by atoms with Gasteiger partial charge in [-0.05, 0) is 62.1 Å². The molecule has 4 heteroatoms. The lowest BCUT2D eigenvalue weighted by Crippen LogP contribution is -2.52. The lowest BCUT2D eigenvalue weighted by Gasteiger charge is -2.53. The molecule has 27 heavy (non-hydrogen) atoms. The molecule has 0 radical (unpaired) electrons. The van der Waals surface area contributed by atoms with E-state index in [1.807, 2.05) is 18.2 Å². The molecule has 1 saturated carbocycles. The maximum atomic E-state index is 10.7. The maximum Gasteiger partial charge on any atom is 0.127 e. The van der Waals surface area contributed by atoms with Crippen LogP contribution in [0, 0.1) is 17.8 Å². The minimum absolute atomic E-state index is 0.0779. The molecule has 2 aliphatic rings. The van der Waals surface area contributed by atoms with Gasteiger partial charge in [-0.15, -0.1) is 0 Å². The van der Waals surface area contributed by atoms with Gasteiger partial charge in [-0.2, -0.15) is 0 Å². The Balaban J connectivity index is 1.90. The minimum Gasteiger partial charge on any atom is -0.496 e. The van der Waals surface area contributed by atoms with Crippen LogP contribution in [0.5, 0.6) is 11.5 Å². The van der Waals surface area contributed by atoms with Crippen molar-refractivity contribution in [2.24, 2.45) is 17.8 Å². The number of hydrogen-bond donors (Lipinski definition) is 1. The van der Waals surface area contributed by atoms with Gasteiger partial charge in [0.2, 0.25) is 0 Å². The van der Waals surface area contributed by atoms with E-state index >= 15 is 0 Å². The highest BCUT2D eigenvalue weighted by Crippen LogP contribution is 2.54. The average Bonchev–Trinajstić information content (AvgIpc) is 2.66. The van der Waals surface area contributed by atoms with Gasteiger partial charge in [-0.3, -0.25) is 0 Å². The van der Waals surface area contributed by atoms with E-state index in [-0.39, 0.29) is 29.6 Å². The van der Waals surface area contributed by atoms with Crippen LogP contribution in [0.3, 0.4) is 0 Å². The van der Waals surface area contributed by atoms with Gasteiger partial charge in [0.25, 0.3) is 0 Å². The molecule has 0 amide bonds. The summed E-state index contributed by atoms with van der Waals surface area (Å²) in [4.78, 5) is 0. The molecule has 1 aliphatic carbocycles. The predicted molar refractivity (Wildman–Crippen MR) is 106 cm³/mol. The number of benzene rings is 2. The number of ether oxygens (including phenoxy) is 3. The average molecular weight is 370 g/mol. The normalized spacial score (nSPS) is 32.3. The van der Waals surface area contributed by atoms with Crippen molar-refractivity contribution in [2.75, 3.05) is 14.2 Å². The molecule has 2 aromatic rings. The Morgan fingerprint density at radius 2 is 1.78 bits per heavy atom. The molecule has 0 spiro atoms. The van der Waals surface area contributed by atoms with E-state index < -0.39 is 0 Å². The van der Waals surface area contributed by atoms with Crippen molar-refractivity contribution < 1.29 is 19.3 Å². The molecule has 2 bridgehead atoms. The SMILES string of the molecule is COc1ccc([C@@H]2OC(C)(C)[C@H]3C[C@H]2[C@H](C)[C@@H](O)C3)c2c(OC)cccc12. The van der Waals surface area contributed by atoms with Crippen molar-refractivity contribution in [3.05, 3.63) is 35.9 Å². The maximum absolute atomic E-state index is 10.7. The summed E-state index contributed by atoms with van der Waals surface area (Å²) in [5.74, 6) is 2.53. The number of fused-ring (bicyclic) bond motifs is 3. The summed E-state index contributed by atoms with van der Waals surface area (Å²) in [6.45, 7) is 6.47. The summed E-state index contributed by atoms with van der Waals surface area (Å²) < 4.78 is 18.0. The van der Waals surface area contributed by atoms with Gasteiger partial charge in [-0.25, -0.2) is 0 Å². The fraction of sp³-hybridized carbons (Fsp3) is 0.565. The summed E-state index contributed by atoms with van der Waals surface area (Å²) in [6, 6.07) is 10.2. The van der Waals surface area contributed by atoms with Gasteiger partial charge in [0.1, 0.15) is 11.5 Å². The third kappa shape index (κ3) is 2.90. The summed E-state index contributed by atoms with van der Waals surface area (Å²) in [5, 5.41) is 12.8. The molecule has 1 aliphatic heterocycles. The number of hydrogen-bond acceptors (Lipinski definition) is 4. The number of aliphatic hydroxyl groups excluding tert-OH is 1. The zero-order chi connectivity index (χ0) is 19.3.